The van der Waals surface area contributed by atoms with Gasteiger partial charge >= 0.3 is 0 Å². The molecule has 0 radical (unpaired) electrons. The van der Waals surface area contributed by atoms with Crippen LogP contribution in [0.1, 0.15) is 31.4 Å². The van der Waals surface area contributed by atoms with Gasteiger partial charge in [0.2, 0.25) is 0 Å². The minimum atomic E-state index is -0.178. The summed E-state index contributed by atoms with van der Waals surface area (Å²) in [6.45, 7) is 0.753. The molecule has 1 aliphatic rings. The molecular weight excluding hydrogens is 188 g/mol. The van der Waals surface area contributed by atoms with Gasteiger partial charge in [-0.3, -0.25) is 4.98 Å². The van der Waals surface area contributed by atoms with Gasteiger partial charge in [0, 0.05) is 18.8 Å². The summed E-state index contributed by atoms with van der Waals surface area (Å²) in [5.41, 5.74) is 1.04. The molecule has 0 saturated heterocycles. The molecule has 2 rings (SSSR count). The lowest BCUT2D eigenvalue weighted by Crippen LogP contribution is -2.41. The van der Waals surface area contributed by atoms with Crippen LogP contribution in [0.3, 0.4) is 0 Å². The third kappa shape index (κ3) is 3.01. The average Bonchev–Trinajstić information content (AvgIpc) is 2.29. The molecule has 1 aromatic heterocycles. The molecule has 3 heteroatoms. The van der Waals surface area contributed by atoms with Crippen LogP contribution >= 0.6 is 0 Å². The second-order valence-electron chi connectivity index (χ2n) is 4.16. The number of hydrogen-bond acceptors (Lipinski definition) is 3. The first-order chi connectivity index (χ1) is 7.36. The number of rotatable bonds is 3. The molecular formula is C12H18N2O. The molecule has 0 aliphatic heterocycles. The first-order valence-electron chi connectivity index (χ1n) is 5.67. The number of hydrogen-bond donors (Lipinski definition) is 2. The molecule has 15 heavy (non-hydrogen) atoms. The Bertz CT molecular complexity index is 289. The molecule has 1 aliphatic carbocycles. The summed E-state index contributed by atoms with van der Waals surface area (Å²) in [7, 11) is 0. The summed E-state index contributed by atoms with van der Waals surface area (Å²) in [6, 6.07) is 6.16. The topological polar surface area (TPSA) is 45.1 Å². The van der Waals surface area contributed by atoms with Gasteiger partial charge in [-0.25, -0.2) is 0 Å². The molecule has 3 nitrogen and oxygen atoms in total. The van der Waals surface area contributed by atoms with E-state index in [2.05, 4.69) is 10.3 Å². The van der Waals surface area contributed by atoms with E-state index in [0.29, 0.717) is 0 Å². The smallest absolute Gasteiger partial charge is 0.0693 e. The fourth-order valence-electron chi connectivity index (χ4n) is 2.09. The second-order valence-corrected chi connectivity index (χ2v) is 4.16. The molecule has 0 amide bonds. The van der Waals surface area contributed by atoms with Gasteiger partial charge in [-0.2, -0.15) is 0 Å². The van der Waals surface area contributed by atoms with E-state index in [1.165, 1.54) is 6.42 Å². The Kier molecular flexibility index (Phi) is 3.69. The van der Waals surface area contributed by atoms with E-state index >= 15 is 0 Å². The van der Waals surface area contributed by atoms with Crippen LogP contribution in [0.5, 0.6) is 0 Å². The van der Waals surface area contributed by atoms with Gasteiger partial charge in [0.05, 0.1) is 11.8 Å². The highest BCUT2D eigenvalue weighted by Gasteiger charge is 2.21. The second kappa shape index (κ2) is 5.24. The van der Waals surface area contributed by atoms with Crippen LogP contribution in [0.2, 0.25) is 0 Å². The van der Waals surface area contributed by atoms with Gasteiger partial charge in [-0.15, -0.1) is 0 Å². The zero-order valence-electron chi connectivity index (χ0n) is 8.89. The molecule has 2 N–H and O–H groups in total. The zero-order valence-corrected chi connectivity index (χ0v) is 8.89. The van der Waals surface area contributed by atoms with E-state index in [9.17, 15) is 5.11 Å². The van der Waals surface area contributed by atoms with E-state index in [0.717, 1.165) is 31.5 Å². The Morgan fingerprint density at radius 2 is 2.20 bits per heavy atom. The van der Waals surface area contributed by atoms with Gasteiger partial charge in [0.1, 0.15) is 0 Å². The largest absolute Gasteiger partial charge is 0.392 e. The third-order valence-electron chi connectivity index (χ3n) is 3.00. The number of aliphatic hydroxyl groups excluding tert-OH is 1. The summed E-state index contributed by atoms with van der Waals surface area (Å²) in [6.07, 6.45) is 6.00. The number of nitrogens with zero attached hydrogens (tertiary/aromatic N) is 1. The fourth-order valence-corrected chi connectivity index (χ4v) is 2.09. The molecule has 1 fully saturated rings. The Labute approximate surface area is 90.5 Å². The summed E-state index contributed by atoms with van der Waals surface area (Å²) >= 11 is 0. The number of aromatic nitrogens is 1. The minimum absolute atomic E-state index is 0.178. The molecule has 0 unspecified atom stereocenters. The maximum Gasteiger partial charge on any atom is 0.0693 e. The maximum absolute atomic E-state index is 9.76. The highest BCUT2D eigenvalue weighted by Crippen LogP contribution is 2.18. The first-order valence-corrected chi connectivity index (χ1v) is 5.67. The monoisotopic (exact) mass is 206 g/mol. The van der Waals surface area contributed by atoms with Crippen molar-refractivity contribution in [2.45, 2.75) is 44.4 Å². The molecule has 0 spiro atoms. The van der Waals surface area contributed by atoms with Crippen molar-refractivity contribution in [1.82, 2.24) is 10.3 Å². The third-order valence-corrected chi connectivity index (χ3v) is 3.00. The zero-order chi connectivity index (χ0) is 10.5. The van der Waals surface area contributed by atoms with Gasteiger partial charge in [0.15, 0.2) is 0 Å². The molecule has 2 atom stereocenters. The van der Waals surface area contributed by atoms with Gasteiger partial charge < -0.3 is 10.4 Å². The Hall–Kier alpha value is -0.930. The number of nitrogens with one attached hydrogen (secondary N) is 1. The molecule has 1 heterocycles. The van der Waals surface area contributed by atoms with Crippen molar-refractivity contribution in [3.05, 3.63) is 30.1 Å². The quantitative estimate of drug-likeness (QED) is 0.787. The lowest BCUT2D eigenvalue weighted by atomic mass is 9.92. The first kappa shape index (κ1) is 10.6. The van der Waals surface area contributed by atoms with Crippen molar-refractivity contribution < 1.29 is 5.11 Å². The Morgan fingerprint density at radius 1 is 1.33 bits per heavy atom. The molecule has 0 aromatic carbocycles. The fraction of sp³-hybridized carbons (Fsp3) is 0.583. The van der Waals surface area contributed by atoms with E-state index < -0.39 is 0 Å². The molecule has 1 saturated carbocycles. The average molecular weight is 206 g/mol. The standard InChI is InChI=1S/C12H18N2O/c15-12-7-2-1-6-11(12)14-9-10-5-3-4-8-13-10/h3-5,8,11-12,14-15H,1-2,6-7,9H2/t11-,12+/m1/s1. The Morgan fingerprint density at radius 3 is 2.93 bits per heavy atom. The summed E-state index contributed by atoms with van der Waals surface area (Å²) in [4.78, 5) is 4.24. The van der Waals surface area contributed by atoms with Crippen LogP contribution in [0.4, 0.5) is 0 Å². The van der Waals surface area contributed by atoms with Crippen molar-refractivity contribution in [3.8, 4) is 0 Å². The maximum atomic E-state index is 9.76. The van der Waals surface area contributed by atoms with Crippen LogP contribution in [0, 0.1) is 0 Å². The van der Waals surface area contributed by atoms with Gasteiger partial charge in [-0.05, 0) is 25.0 Å². The van der Waals surface area contributed by atoms with Crippen molar-refractivity contribution >= 4 is 0 Å². The highest BCUT2D eigenvalue weighted by molar-refractivity contribution is 5.03. The van der Waals surface area contributed by atoms with Crippen LogP contribution in [-0.4, -0.2) is 22.2 Å². The predicted octanol–water partition coefficient (Wildman–Crippen LogP) is 1.47. The molecule has 1 aromatic rings. The van der Waals surface area contributed by atoms with Crippen molar-refractivity contribution in [2.75, 3.05) is 0 Å². The SMILES string of the molecule is O[C@H]1CCCC[C@H]1NCc1ccccn1. The van der Waals surface area contributed by atoms with E-state index in [1.54, 1.807) is 6.20 Å². The molecule has 0 bridgehead atoms. The van der Waals surface area contributed by atoms with Crippen molar-refractivity contribution in [1.29, 1.82) is 0 Å². The number of aliphatic hydroxyl groups is 1. The highest BCUT2D eigenvalue weighted by atomic mass is 16.3. The minimum Gasteiger partial charge on any atom is -0.392 e. The summed E-state index contributed by atoms with van der Waals surface area (Å²) in [5.74, 6) is 0. The van der Waals surface area contributed by atoms with Crippen molar-refractivity contribution in [3.63, 3.8) is 0 Å². The lowest BCUT2D eigenvalue weighted by Gasteiger charge is -2.28. The van der Waals surface area contributed by atoms with Crippen LogP contribution in [0.15, 0.2) is 24.4 Å². The normalized spacial score (nSPS) is 26.5. The van der Waals surface area contributed by atoms with E-state index in [-0.39, 0.29) is 12.1 Å². The molecule has 82 valence electrons. The number of pyridine rings is 1. The van der Waals surface area contributed by atoms with Gasteiger partial charge in [0.25, 0.3) is 0 Å². The predicted molar refractivity (Wildman–Crippen MR) is 59.3 cm³/mol. The Balaban J connectivity index is 1.82. The van der Waals surface area contributed by atoms with E-state index in [1.807, 2.05) is 18.2 Å². The summed E-state index contributed by atoms with van der Waals surface area (Å²) in [5, 5.41) is 13.1. The van der Waals surface area contributed by atoms with Crippen LogP contribution in [0.25, 0.3) is 0 Å². The summed E-state index contributed by atoms with van der Waals surface area (Å²) < 4.78 is 0. The van der Waals surface area contributed by atoms with Crippen LogP contribution < -0.4 is 5.32 Å². The lowest BCUT2D eigenvalue weighted by molar-refractivity contribution is 0.0901. The van der Waals surface area contributed by atoms with Gasteiger partial charge in [-0.1, -0.05) is 18.9 Å². The van der Waals surface area contributed by atoms with E-state index in [4.69, 9.17) is 0 Å². The van der Waals surface area contributed by atoms with Crippen LogP contribution in [-0.2, 0) is 6.54 Å². The van der Waals surface area contributed by atoms with Crippen molar-refractivity contribution in [2.24, 2.45) is 0 Å².